The molecule has 0 aliphatic carbocycles. The topological polar surface area (TPSA) is 27.0 Å². The highest BCUT2D eigenvalue weighted by molar-refractivity contribution is 5.31. The van der Waals surface area contributed by atoms with Crippen molar-refractivity contribution >= 4 is 0 Å². The Hall–Kier alpha value is -2.18. The van der Waals surface area contributed by atoms with Crippen LogP contribution in [0.2, 0.25) is 0 Å². The minimum absolute atomic E-state index is 0.00755. The van der Waals surface area contributed by atoms with Gasteiger partial charge in [-0.3, -0.25) is 4.90 Å². The second-order valence-electron chi connectivity index (χ2n) is 4.92. The Balaban J connectivity index is 2.09. The van der Waals surface area contributed by atoms with Crippen LogP contribution in [0, 0.1) is 17.1 Å². The quantitative estimate of drug-likeness (QED) is 0.841. The Kier molecular flexibility index (Phi) is 4.49. The second-order valence-corrected chi connectivity index (χ2v) is 4.92. The molecule has 1 atom stereocenters. The second kappa shape index (κ2) is 6.31. The first-order valence-corrected chi connectivity index (χ1v) is 6.55. The molecule has 0 radical (unpaired) electrons. The van der Waals surface area contributed by atoms with Gasteiger partial charge < -0.3 is 0 Å². The molecule has 0 N–H and O–H groups in total. The van der Waals surface area contributed by atoms with Gasteiger partial charge in [0.15, 0.2) is 0 Å². The molecule has 20 heavy (non-hydrogen) atoms. The summed E-state index contributed by atoms with van der Waals surface area (Å²) in [7, 11) is 1.97. The Morgan fingerprint density at radius 2 is 1.80 bits per heavy atom. The smallest absolute Gasteiger partial charge is 0.127 e. The van der Waals surface area contributed by atoms with Gasteiger partial charge in [0.05, 0.1) is 11.6 Å². The monoisotopic (exact) mass is 268 g/mol. The van der Waals surface area contributed by atoms with Crippen LogP contribution in [0.4, 0.5) is 4.39 Å². The van der Waals surface area contributed by atoms with Crippen molar-refractivity contribution in [1.29, 1.82) is 5.26 Å². The summed E-state index contributed by atoms with van der Waals surface area (Å²) >= 11 is 0. The lowest BCUT2D eigenvalue weighted by Crippen LogP contribution is -2.22. The maximum absolute atomic E-state index is 13.8. The van der Waals surface area contributed by atoms with Crippen molar-refractivity contribution in [3.05, 3.63) is 71.0 Å². The average Bonchev–Trinajstić information content (AvgIpc) is 2.48. The number of hydrogen-bond donors (Lipinski definition) is 0. The molecule has 0 aliphatic rings. The molecule has 3 heteroatoms. The lowest BCUT2D eigenvalue weighted by molar-refractivity contribution is 0.248. The summed E-state index contributed by atoms with van der Waals surface area (Å²) in [6.45, 7) is 2.70. The largest absolute Gasteiger partial charge is 0.295 e. The van der Waals surface area contributed by atoms with Gasteiger partial charge in [0.1, 0.15) is 5.82 Å². The summed E-state index contributed by atoms with van der Waals surface area (Å²) < 4.78 is 13.8. The van der Waals surface area contributed by atoms with Gasteiger partial charge in [-0.2, -0.15) is 5.26 Å². The van der Waals surface area contributed by atoms with Crippen LogP contribution in [0.25, 0.3) is 0 Å². The van der Waals surface area contributed by atoms with E-state index in [9.17, 15) is 4.39 Å². The van der Waals surface area contributed by atoms with E-state index in [2.05, 4.69) is 11.0 Å². The number of nitrogens with zero attached hydrogens (tertiary/aromatic N) is 2. The number of hydrogen-bond acceptors (Lipinski definition) is 2. The van der Waals surface area contributed by atoms with Crippen LogP contribution in [0.5, 0.6) is 0 Å². The molecule has 0 aliphatic heterocycles. The molecular formula is C17H17FN2. The molecular weight excluding hydrogens is 251 g/mol. The van der Waals surface area contributed by atoms with E-state index in [-0.39, 0.29) is 11.9 Å². The van der Waals surface area contributed by atoms with Gasteiger partial charge >= 0.3 is 0 Å². The van der Waals surface area contributed by atoms with Crippen LogP contribution in [-0.4, -0.2) is 11.9 Å². The van der Waals surface area contributed by atoms with E-state index in [0.717, 1.165) is 5.56 Å². The van der Waals surface area contributed by atoms with E-state index in [1.807, 2.05) is 38.2 Å². The van der Waals surface area contributed by atoms with Gasteiger partial charge in [0, 0.05) is 18.2 Å². The van der Waals surface area contributed by atoms with Crippen LogP contribution in [0.1, 0.15) is 29.7 Å². The highest BCUT2D eigenvalue weighted by Gasteiger charge is 2.15. The molecule has 2 nitrogen and oxygen atoms in total. The summed E-state index contributed by atoms with van der Waals surface area (Å²) in [5, 5.41) is 8.78. The molecule has 1 unspecified atom stereocenters. The average molecular weight is 268 g/mol. The van der Waals surface area contributed by atoms with Crippen LogP contribution in [-0.2, 0) is 6.54 Å². The lowest BCUT2D eigenvalue weighted by atomic mass is 10.1. The summed E-state index contributed by atoms with van der Waals surface area (Å²) in [6, 6.07) is 16.4. The maximum Gasteiger partial charge on any atom is 0.127 e. The van der Waals surface area contributed by atoms with Gasteiger partial charge in [0.25, 0.3) is 0 Å². The summed E-state index contributed by atoms with van der Waals surface area (Å²) in [4.78, 5) is 2.08. The van der Waals surface area contributed by atoms with Crippen molar-refractivity contribution in [2.45, 2.75) is 19.5 Å². The molecule has 0 fully saturated rings. The molecule has 2 aromatic rings. The third-order valence-electron chi connectivity index (χ3n) is 3.53. The van der Waals surface area contributed by atoms with Crippen molar-refractivity contribution in [3.63, 3.8) is 0 Å². The maximum atomic E-state index is 13.8. The van der Waals surface area contributed by atoms with E-state index in [1.165, 1.54) is 6.07 Å². The fraction of sp³-hybridized carbons (Fsp3) is 0.235. The Morgan fingerprint density at radius 3 is 2.40 bits per heavy atom. The van der Waals surface area contributed by atoms with Gasteiger partial charge in [-0.1, -0.05) is 30.3 Å². The highest BCUT2D eigenvalue weighted by Crippen LogP contribution is 2.23. The molecule has 102 valence electrons. The fourth-order valence-electron chi connectivity index (χ4n) is 2.16. The zero-order valence-corrected chi connectivity index (χ0v) is 11.7. The van der Waals surface area contributed by atoms with E-state index in [1.54, 1.807) is 18.2 Å². The van der Waals surface area contributed by atoms with Gasteiger partial charge in [-0.25, -0.2) is 4.39 Å². The molecule has 2 rings (SSSR count). The molecule has 0 saturated carbocycles. The standard InChI is InChI=1S/C17H17FN2/c1-13(16-5-3-4-6-17(16)18)20(2)12-15-9-7-14(11-19)8-10-15/h3-10,13H,12H2,1-2H3. The Bertz CT molecular complexity index is 614. The normalized spacial score (nSPS) is 12.2. The lowest BCUT2D eigenvalue weighted by Gasteiger charge is -2.25. The van der Waals surface area contributed by atoms with Gasteiger partial charge in [-0.05, 0) is 37.7 Å². The summed E-state index contributed by atoms with van der Waals surface area (Å²) in [5.41, 5.74) is 2.46. The number of nitriles is 1. The number of rotatable bonds is 4. The van der Waals surface area contributed by atoms with Gasteiger partial charge in [-0.15, -0.1) is 0 Å². The van der Waals surface area contributed by atoms with Crippen LogP contribution >= 0.6 is 0 Å². The van der Waals surface area contributed by atoms with Crippen molar-refractivity contribution in [3.8, 4) is 6.07 Å². The predicted molar refractivity (Wildman–Crippen MR) is 77.4 cm³/mol. The van der Waals surface area contributed by atoms with E-state index in [0.29, 0.717) is 17.7 Å². The first kappa shape index (κ1) is 14.2. The molecule has 0 spiro atoms. The molecule has 0 amide bonds. The fourth-order valence-corrected chi connectivity index (χ4v) is 2.16. The van der Waals surface area contributed by atoms with Crippen LogP contribution < -0.4 is 0 Å². The van der Waals surface area contributed by atoms with Crippen LogP contribution in [0.3, 0.4) is 0 Å². The van der Waals surface area contributed by atoms with Crippen molar-refractivity contribution in [2.24, 2.45) is 0 Å². The first-order chi connectivity index (χ1) is 9.61. The van der Waals surface area contributed by atoms with E-state index >= 15 is 0 Å². The molecule has 0 heterocycles. The van der Waals surface area contributed by atoms with Crippen molar-refractivity contribution in [2.75, 3.05) is 7.05 Å². The minimum atomic E-state index is -0.174. The van der Waals surface area contributed by atoms with Crippen LogP contribution in [0.15, 0.2) is 48.5 Å². The summed E-state index contributed by atoms with van der Waals surface area (Å²) in [5.74, 6) is -0.174. The number of benzene rings is 2. The first-order valence-electron chi connectivity index (χ1n) is 6.55. The third-order valence-corrected chi connectivity index (χ3v) is 3.53. The third kappa shape index (κ3) is 3.23. The molecule has 2 aromatic carbocycles. The van der Waals surface area contributed by atoms with Crippen molar-refractivity contribution in [1.82, 2.24) is 4.90 Å². The van der Waals surface area contributed by atoms with E-state index < -0.39 is 0 Å². The Labute approximate surface area is 119 Å². The van der Waals surface area contributed by atoms with E-state index in [4.69, 9.17) is 5.26 Å². The summed E-state index contributed by atoms with van der Waals surface area (Å²) in [6.07, 6.45) is 0. The molecule has 0 aromatic heterocycles. The zero-order valence-electron chi connectivity index (χ0n) is 11.7. The van der Waals surface area contributed by atoms with Crippen molar-refractivity contribution < 1.29 is 4.39 Å². The predicted octanol–water partition coefficient (Wildman–Crippen LogP) is 3.89. The molecule has 0 saturated heterocycles. The number of halogens is 1. The zero-order chi connectivity index (χ0) is 14.5. The SMILES string of the molecule is CC(c1ccccc1F)N(C)Cc1ccc(C#N)cc1. The van der Waals surface area contributed by atoms with Gasteiger partial charge in [0.2, 0.25) is 0 Å². The highest BCUT2D eigenvalue weighted by atomic mass is 19.1. The Morgan fingerprint density at radius 1 is 1.15 bits per heavy atom. The minimum Gasteiger partial charge on any atom is -0.295 e. The molecule has 0 bridgehead atoms.